The van der Waals surface area contributed by atoms with Gasteiger partial charge in [-0.3, -0.25) is 9.10 Å². The van der Waals surface area contributed by atoms with E-state index in [-0.39, 0.29) is 35.0 Å². The van der Waals surface area contributed by atoms with E-state index in [1.54, 1.807) is 13.8 Å². The highest BCUT2D eigenvalue weighted by atomic mass is 35.5. The highest BCUT2D eigenvalue weighted by Gasteiger charge is 2.31. The minimum absolute atomic E-state index is 0.0813. The molecule has 10 heteroatoms. The van der Waals surface area contributed by atoms with E-state index in [2.05, 4.69) is 5.32 Å². The molecule has 162 valence electrons. The molecule has 0 saturated carbocycles. The molecule has 30 heavy (non-hydrogen) atoms. The summed E-state index contributed by atoms with van der Waals surface area (Å²) in [5.41, 5.74) is 0.591. The highest BCUT2D eigenvalue weighted by molar-refractivity contribution is 7.92. The van der Waals surface area contributed by atoms with E-state index in [4.69, 9.17) is 16.3 Å². The van der Waals surface area contributed by atoms with Crippen molar-refractivity contribution in [1.29, 1.82) is 0 Å². The minimum Gasteiger partial charge on any atom is -0.462 e. The average Bonchev–Trinajstić information content (AvgIpc) is 2.66. The fourth-order valence-electron chi connectivity index (χ4n) is 2.84. The third-order valence-corrected chi connectivity index (χ3v) is 5.64. The number of sulfonamides is 1. The third kappa shape index (κ3) is 5.70. The van der Waals surface area contributed by atoms with Gasteiger partial charge in [0.05, 0.1) is 29.1 Å². The third-order valence-electron chi connectivity index (χ3n) is 4.14. The Morgan fingerprint density at radius 2 is 1.80 bits per heavy atom. The molecule has 0 aromatic heterocycles. The summed E-state index contributed by atoms with van der Waals surface area (Å²) in [6.45, 7) is 3.51. The Hall–Kier alpha value is -2.65. The normalized spacial score (nSPS) is 12.2. The van der Waals surface area contributed by atoms with Crippen LogP contribution in [0.1, 0.15) is 30.6 Å². The Labute approximate surface area is 179 Å². The second kappa shape index (κ2) is 9.90. The van der Waals surface area contributed by atoms with Crippen molar-refractivity contribution in [3.63, 3.8) is 0 Å². The molecule has 2 aromatic carbocycles. The molecule has 0 fully saturated rings. The van der Waals surface area contributed by atoms with Gasteiger partial charge in [0.1, 0.15) is 11.9 Å². The summed E-state index contributed by atoms with van der Waals surface area (Å²) in [4.78, 5) is 24.7. The van der Waals surface area contributed by atoms with Gasteiger partial charge in [0.25, 0.3) is 0 Å². The molecule has 0 unspecified atom stereocenters. The zero-order chi connectivity index (χ0) is 22.5. The summed E-state index contributed by atoms with van der Waals surface area (Å²) < 4.78 is 43.9. The summed E-state index contributed by atoms with van der Waals surface area (Å²) in [6, 6.07) is 7.97. The number of amides is 1. The molecular formula is C20H22ClFN2O5S. The summed E-state index contributed by atoms with van der Waals surface area (Å²) in [6.07, 6.45) is 1.13. The van der Waals surface area contributed by atoms with Crippen LogP contribution in [0.25, 0.3) is 0 Å². The molecule has 0 aliphatic heterocycles. The van der Waals surface area contributed by atoms with Crippen LogP contribution in [0, 0.1) is 5.82 Å². The summed E-state index contributed by atoms with van der Waals surface area (Å²) in [5, 5.41) is 2.69. The minimum atomic E-state index is -3.85. The number of nitrogens with zero attached hydrogens (tertiary/aromatic N) is 1. The first-order valence-corrected chi connectivity index (χ1v) is 11.3. The molecule has 0 spiro atoms. The lowest BCUT2D eigenvalue weighted by molar-refractivity contribution is -0.117. The van der Waals surface area contributed by atoms with Crippen LogP contribution < -0.4 is 9.62 Å². The predicted octanol–water partition coefficient (Wildman–Crippen LogP) is 3.84. The Bertz CT molecular complexity index is 1030. The lowest BCUT2D eigenvalue weighted by Gasteiger charge is -2.30. The Balaban J connectivity index is 2.31. The van der Waals surface area contributed by atoms with Crippen molar-refractivity contribution < 1.29 is 27.1 Å². The fraction of sp³-hybridized carbons (Fsp3) is 0.300. The van der Waals surface area contributed by atoms with Crippen LogP contribution in [0.5, 0.6) is 0 Å². The number of carbonyl (C=O) groups excluding carboxylic acids is 2. The number of carbonyl (C=O) groups is 2. The first-order valence-electron chi connectivity index (χ1n) is 9.11. The number of hydrogen-bond donors (Lipinski definition) is 1. The number of anilines is 2. The molecule has 7 nitrogen and oxygen atoms in total. The van der Waals surface area contributed by atoms with Crippen molar-refractivity contribution in [2.45, 2.75) is 26.3 Å². The first kappa shape index (κ1) is 23.6. The van der Waals surface area contributed by atoms with Gasteiger partial charge in [-0.25, -0.2) is 17.6 Å². The number of nitrogens with one attached hydrogen (secondary N) is 1. The molecule has 0 radical (unpaired) electrons. The summed E-state index contributed by atoms with van der Waals surface area (Å²) in [7, 11) is -3.85. The predicted molar refractivity (Wildman–Crippen MR) is 114 cm³/mol. The second-order valence-electron chi connectivity index (χ2n) is 6.36. The van der Waals surface area contributed by atoms with Gasteiger partial charge in [-0.15, -0.1) is 0 Å². The van der Waals surface area contributed by atoms with Crippen LogP contribution in [-0.4, -0.2) is 39.2 Å². The number of ether oxygens (including phenoxy) is 1. The molecule has 0 saturated heterocycles. The maximum Gasteiger partial charge on any atom is 0.339 e. The second-order valence-corrected chi connectivity index (χ2v) is 8.63. The van der Waals surface area contributed by atoms with Crippen LogP contribution in [0.2, 0.25) is 5.02 Å². The van der Waals surface area contributed by atoms with Crippen molar-refractivity contribution in [3.8, 4) is 0 Å². The SMILES string of the molecule is CCOC(=O)c1ccc(NC(=O)[C@@H](CC)N(c2ccc(F)cc2)S(C)(=O)=O)cc1Cl. The van der Waals surface area contributed by atoms with E-state index in [0.717, 1.165) is 22.7 Å². The Morgan fingerprint density at radius 1 is 1.17 bits per heavy atom. The molecule has 2 aromatic rings. The van der Waals surface area contributed by atoms with Gasteiger partial charge >= 0.3 is 5.97 Å². The first-order chi connectivity index (χ1) is 14.1. The van der Waals surface area contributed by atoms with Crippen LogP contribution in [-0.2, 0) is 19.6 Å². The smallest absolute Gasteiger partial charge is 0.339 e. The van der Waals surface area contributed by atoms with Crippen molar-refractivity contribution in [3.05, 3.63) is 58.9 Å². The van der Waals surface area contributed by atoms with Crippen molar-refractivity contribution in [2.24, 2.45) is 0 Å². The molecule has 1 amide bonds. The molecule has 1 N–H and O–H groups in total. The number of rotatable bonds is 8. The van der Waals surface area contributed by atoms with Gasteiger partial charge in [-0.05, 0) is 55.8 Å². The maximum absolute atomic E-state index is 13.3. The van der Waals surface area contributed by atoms with E-state index < -0.39 is 33.8 Å². The topological polar surface area (TPSA) is 92.8 Å². The van der Waals surface area contributed by atoms with Crippen molar-refractivity contribution in [1.82, 2.24) is 0 Å². The van der Waals surface area contributed by atoms with Gasteiger partial charge in [-0.2, -0.15) is 0 Å². The maximum atomic E-state index is 13.3. The lowest BCUT2D eigenvalue weighted by Crippen LogP contribution is -2.47. The average molecular weight is 457 g/mol. The molecule has 1 atom stereocenters. The zero-order valence-corrected chi connectivity index (χ0v) is 18.3. The van der Waals surface area contributed by atoms with E-state index in [1.165, 1.54) is 30.3 Å². The van der Waals surface area contributed by atoms with Gasteiger partial charge in [0, 0.05) is 5.69 Å². The van der Waals surface area contributed by atoms with Gasteiger partial charge in [0.2, 0.25) is 15.9 Å². The molecule has 0 aliphatic carbocycles. The van der Waals surface area contributed by atoms with E-state index in [0.29, 0.717) is 0 Å². The van der Waals surface area contributed by atoms with Gasteiger partial charge in [-0.1, -0.05) is 18.5 Å². The van der Waals surface area contributed by atoms with Gasteiger partial charge in [0.15, 0.2) is 0 Å². The number of hydrogen-bond acceptors (Lipinski definition) is 5. The molecule has 2 rings (SSSR count). The molecular weight excluding hydrogens is 435 g/mol. The van der Waals surface area contributed by atoms with Crippen LogP contribution in [0.15, 0.2) is 42.5 Å². The van der Waals surface area contributed by atoms with E-state index >= 15 is 0 Å². The molecule has 0 bridgehead atoms. The van der Waals surface area contributed by atoms with Crippen LogP contribution in [0.3, 0.4) is 0 Å². The Kier molecular flexibility index (Phi) is 7.80. The summed E-state index contributed by atoms with van der Waals surface area (Å²) in [5.74, 6) is -1.72. The lowest BCUT2D eigenvalue weighted by atomic mass is 10.1. The number of esters is 1. The van der Waals surface area contributed by atoms with Gasteiger partial charge < -0.3 is 10.1 Å². The number of halogens is 2. The zero-order valence-electron chi connectivity index (χ0n) is 16.7. The number of benzene rings is 2. The monoisotopic (exact) mass is 456 g/mol. The van der Waals surface area contributed by atoms with E-state index in [9.17, 15) is 22.4 Å². The standard InChI is InChI=1S/C20H22ClFN2O5S/c1-4-18(24(30(3,27)28)15-9-6-13(22)7-10-15)19(25)23-14-8-11-16(17(21)12-14)20(26)29-5-2/h6-12,18H,4-5H2,1-3H3,(H,23,25)/t18-/m1/s1. The molecule has 0 aliphatic rings. The quantitative estimate of drug-likeness (QED) is 0.609. The van der Waals surface area contributed by atoms with Crippen LogP contribution >= 0.6 is 11.6 Å². The van der Waals surface area contributed by atoms with Crippen molar-refractivity contribution >= 4 is 44.9 Å². The van der Waals surface area contributed by atoms with E-state index in [1.807, 2.05) is 0 Å². The van der Waals surface area contributed by atoms with Crippen LogP contribution in [0.4, 0.5) is 15.8 Å². The fourth-order valence-corrected chi connectivity index (χ4v) is 4.31. The largest absolute Gasteiger partial charge is 0.462 e. The Morgan fingerprint density at radius 3 is 2.30 bits per heavy atom. The summed E-state index contributed by atoms with van der Waals surface area (Å²) >= 11 is 6.11. The molecule has 0 heterocycles. The highest BCUT2D eigenvalue weighted by Crippen LogP contribution is 2.25. The van der Waals surface area contributed by atoms with Crippen molar-refractivity contribution in [2.75, 3.05) is 22.5 Å².